The number of likely N-dealkylation sites (tertiary alicyclic amines) is 2. The zero-order valence-corrected chi connectivity index (χ0v) is 14.7. The average Bonchev–Trinajstić information content (AvgIpc) is 3.11. The fraction of sp³-hybridized carbons (Fsp3) is 0.500. The lowest BCUT2D eigenvalue weighted by atomic mass is 9.96. The van der Waals surface area contributed by atoms with Gasteiger partial charge in [-0.3, -0.25) is 9.78 Å². The van der Waals surface area contributed by atoms with E-state index in [1.54, 1.807) is 6.20 Å². The van der Waals surface area contributed by atoms with E-state index in [-0.39, 0.29) is 12.0 Å². The third-order valence-corrected chi connectivity index (χ3v) is 5.41. The summed E-state index contributed by atoms with van der Waals surface area (Å²) in [6.45, 7) is 3.53. The van der Waals surface area contributed by atoms with Gasteiger partial charge in [-0.05, 0) is 45.1 Å². The van der Waals surface area contributed by atoms with Crippen LogP contribution in [0.3, 0.4) is 0 Å². The van der Waals surface area contributed by atoms with Crippen LogP contribution in [0.15, 0.2) is 36.5 Å². The zero-order valence-electron chi connectivity index (χ0n) is 14.7. The van der Waals surface area contributed by atoms with E-state index in [9.17, 15) is 4.79 Å². The zero-order chi connectivity index (χ0) is 17.2. The SMILES string of the molecule is CN1CCC(C(=O)N2CCC(Oc3cccc4cccnc34)C2)CC1. The molecule has 2 aliphatic heterocycles. The Labute approximate surface area is 148 Å². The summed E-state index contributed by atoms with van der Waals surface area (Å²) < 4.78 is 6.21. The second-order valence-electron chi connectivity index (χ2n) is 7.22. The lowest BCUT2D eigenvalue weighted by Crippen LogP contribution is -2.41. The van der Waals surface area contributed by atoms with Crippen LogP contribution < -0.4 is 4.74 Å². The Hall–Kier alpha value is -2.14. The van der Waals surface area contributed by atoms with Crippen molar-refractivity contribution >= 4 is 16.8 Å². The summed E-state index contributed by atoms with van der Waals surface area (Å²) in [5.74, 6) is 1.32. The molecule has 132 valence electrons. The third kappa shape index (κ3) is 3.47. The van der Waals surface area contributed by atoms with Gasteiger partial charge in [0, 0.05) is 30.5 Å². The van der Waals surface area contributed by atoms with Crippen molar-refractivity contribution in [3.63, 3.8) is 0 Å². The molecule has 0 bridgehead atoms. The largest absolute Gasteiger partial charge is 0.486 e. The van der Waals surface area contributed by atoms with Crippen LogP contribution in [0, 0.1) is 5.92 Å². The molecule has 0 radical (unpaired) electrons. The van der Waals surface area contributed by atoms with Gasteiger partial charge >= 0.3 is 0 Å². The highest BCUT2D eigenvalue weighted by Crippen LogP contribution is 2.27. The van der Waals surface area contributed by atoms with E-state index in [0.717, 1.165) is 55.5 Å². The van der Waals surface area contributed by atoms with E-state index >= 15 is 0 Å². The number of aromatic nitrogens is 1. The molecule has 1 amide bonds. The maximum absolute atomic E-state index is 12.8. The van der Waals surface area contributed by atoms with E-state index < -0.39 is 0 Å². The van der Waals surface area contributed by atoms with Gasteiger partial charge in [-0.15, -0.1) is 0 Å². The second kappa shape index (κ2) is 7.00. The predicted molar refractivity (Wildman–Crippen MR) is 97.6 cm³/mol. The van der Waals surface area contributed by atoms with Gasteiger partial charge < -0.3 is 14.5 Å². The Bertz CT molecular complexity index is 750. The number of nitrogens with zero attached hydrogens (tertiary/aromatic N) is 3. The fourth-order valence-corrected chi connectivity index (χ4v) is 3.89. The molecule has 5 nitrogen and oxygen atoms in total. The first-order valence-corrected chi connectivity index (χ1v) is 9.18. The van der Waals surface area contributed by atoms with Crippen LogP contribution >= 0.6 is 0 Å². The molecular weight excluding hydrogens is 314 g/mol. The Morgan fingerprint density at radius 3 is 2.76 bits per heavy atom. The Balaban J connectivity index is 1.40. The molecule has 0 N–H and O–H groups in total. The van der Waals surface area contributed by atoms with E-state index in [0.29, 0.717) is 12.5 Å². The van der Waals surface area contributed by atoms with Crippen molar-refractivity contribution in [3.8, 4) is 5.75 Å². The average molecular weight is 339 g/mol. The summed E-state index contributed by atoms with van der Waals surface area (Å²) in [7, 11) is 2.12. The number of ether oxygens (including phenoxy) is 1. The highest BCUT2D eigenvalue weighted by atomic mass is 16.5. The molecule has 1 aromatic carbocycles. The van der Waals surface area contributed by atoms with Crippen molar-refractivity contribution in [2.45, 2.75) is 25.4 Å². The highest BCUT2D eigenvalue weighted by molar-refractivity contribution is 5.84. The van der Waals surface area contributed by atoms with Crippen molar-refractivity contribution < 1.29 is 9.53 Å². The lowest BCUT2D eigenvalue weighted by Gasteiger charge is -2.30. The molecule has 5 heteroatoms. The van der Waals surface area contributed by atoms with Crippen LogP contribution in [0.5, 0.6) is 5.75 Å². The summed E-state index contributed by atoms with van der Waals surface area (Å²) in [6.07, 6.45) is 4.69. The number of hydrogen-bond donors (Lipinski definition) is 0. The Kier molecular flexibility index (Phi) is 4.57. The van der Waals surface area contributed by atoms with Crippen LogP contribution in [0.1, 0.15) is 19.3 Å². The maximum Gasteiger partial charge on any atom is 0.225 e. The second-order valence-corrected chi connectivity index (χ2v) is 7.22. The summed E-state index contributed by atoms with van der Waals surface area (Å²) in [6, 6.07) is 9.98. The number of fused-ring (bicyclic) bond motifs is 1. The molecule has 2 saturated heterocycles. The minimum absolute atomic E-state index is 0.0582. The summed E-state index contributed by atoms with van der Waals surface area (Å²) in [5.41, 5.74) is 0.894. The first kappa shape index (κ1) is 16.3. The minimum Gasteiger partial charge on any atom is -0.486 e. The van der Waals surface area contributed by atoms with Gasteiger partial charge in [0.05, 0.1) is 6.54 Å². The number of pyridine rings is 1. The van der Waals surface area contributed by atoms with Gasteiger partial charge in [0.25, 0.3) is 0 Å². The van der Waals surface area contributed by atoms with E-state index in [2.05, 4.69) is 16.9 Å². The minimum atomic E-state index is 0.0582. The van der Waals surface area contributed by atoms with E-state index in [1.165, 1.54) is 0 Å². The Morgan fingerprint density at radius 1 is 1.12 bits per heavy atom. The van der Waals surface area contributed by atoms with Crippen LogP contribution in [0.2, 0.25) is 0 Å². The summed E-state index contributed by atoms with van der Waals surface area (Å²) >= 11 is 0. The number of rotatable bonds is 3. The molecule has 2 aliphatic rings. The predicted octanol–water partition coefficient (Wildman–Crippen LogP) is 2.56. The highest BCUT2D eigenvalue weighted by Gasteiger charge is 2.33. The van der Waals surface area contributed by atoms with Gasteiger partial charge in [0.15, 0.2) is 0 Å². The first-order chi connectivity index (χ1) is 12.2. The standard InChI is InChI=1S/C20H25N3O2/c1-22-11-7-16(8-12-22)20(24)23-13-9-17(14-23)25-18-6-2-4-15-5-3-10-21-19(15)18/h2-6,10,16-17H,7-9,11-14H2,1H3. The molecule has 1 unspecified atom stereocenters. The van der Waals surface area contributed by atoms with Gasteiger partial charge in [0.1, 0.15) is 17.4 Å². The number of carbonyl (C=O) groups is 1. The van der Waals surface area contributed by atoms with Crippen LogP contribution in [0.4, 0.5) is 0 Å². The molecular formula is C20H25N3O2. The lowest BCUT2D eigenvalue weighted by molar-refractivity contribution is -0.136. The molecule has 3 heterocycles. The van der Waals surface area contributed by atoms with E-state index in [1.807, 2.05) is 35.2 Å². The van der Waals surface area contributed by atoms with Crippen molar-refractivity contribution in [2.75, 3.05) is 33.2 Å². The molecule has 0 aliphatic carbocycles. The number of carbonyl (C=O) groups excluding carboxylic acids is 1. The van der Waals surface area contributed by atoms with Crippen molar-refractivity contribution in [1.82, 2.24) is 14.8 Å². The smallest absolute Gasteiger partial charge is 0.225 e. The molecule has 0 spiro atoms. The van der Waals surface area contributed by atoms with Gasteiger partial charge in [0.2, 0.25) is 5.91 Å². The maximum atomic E-state index is 12.8. The molecule has 2 fully saturated rings. The monoisotopic (exact) mass is 339 g/mol. The number of benzene rings is 1. The van der Waals surface area contributed by atoms with Gasteiger partial charge in [-0.25, -0.2) is 0 Å². The van der Waals surface area contributed by atoms with E-state index in [4.69, 9.17) is 4.74 Å². The third-order valence-electron chi connectivity index (χ3n) is 5.41. The van der Waals surface area contributed by atoms with Crippen molar-refractivity contribution in [2.24, 2.45) is 5.92 Å². The molecule has 1 aromatic heterocycles. The van der Waals surface area contributed by atoms with Crippen LogP contribution in [-0.2, 0) is 4.79 Å². The number of para-hydroxylation sites is 1. The molecule has 4 rings (SSSR count). The van der Waals surface area contributed by atoms with Crippen molar-refractivity contribution in [1.29, 1.82) is 0 Å². The molecule has 2 aromatic rings. The normalized spacial score (nSPS) is 22.4. The molecule has 0 saturated carbocycles. The number of piperidine rings is 1. The Morgan fingerprint density at radius 2 is 1.92 bits per heavy atom. The fourth-order valence-electron chi connectivity index (χ4n) is 3.89. The number of amides is 1. The molecule has 25 heavy (non-hydrogen) atoms. The molecule has 1 atom stereocenters. The number of hydrogen-bond acceptors (Lipinski definition) is 4. The topological polar surface area (TPSA) is 45.7 Å². The first-order valence-electron chi connectivity index (χ1n) is 9.18. The van der Waals surface area contributed by atoms with Crippen LogP contribution in [-0.4, -0.2) is 60.0 Å². The van der Waals surface area contributed by atoms with Crippen LogP contribution in [0.25, 0.3) is 10.9 Å². The van der Waals surface area contributed by atoms with Crippen molar-refractivity contribution in [3.05, 3.63) is 36.5 Å². The van der Waals surface area contributed by atoms with Gasteiger partial charge in [-0.2, -0.15) is 0 Å². The summed E-state index contributed by atoms with van der Waals surface area (Å²) in [4.78, 5) is 21.5. The quantitative estimate of drug-likeness (QED) is 0.862. The summed E-state index contributed by atoms with van der Waals surface area (Å²) in [5, 5.41) is 1.08. The van der Waals surface area contributed by atoms with Gasteiger partial charge in [-0.1, -0.05) is 18.2 Å².